The normalized spacial score (nSPS) is 13.9. The van der Waals surface area contributed by atoms with Gasteiger partial charge < -0.3 is 15.5 Å². The lowest BCUT2D eigenvalue weighted by atomic mass is 10.00. The lowest BCUT2D eigenvalue weighted by Gasteiger charge is -2.30. The Bertz CT molecular complexity index is 864. The Morgan fingerprint density at radius 2 is 1.90 bits per heavy atom. The van der Waals surface area contributed by atoms with Crippen molar-refractivity contribution in [1.82, 2.24) is 15.5 Å². The summed E-state index contributed by atoms with van der Waals surface area (Å²) in [5.74, 6) is 0.843. The monoisotopic (exact) mass is 504 g/mol. The van der Waals surface area contributed by atoms with Gasteiger partial charge in [-0.1, -0.05) is 48.5 Å². The number of hydrogen-bond donors (Lipinski definition) is 2. The summed E-state index contributed by atoms with van der Waals surface area (Å²) in [6.07, 6.45) is 3.28. The SMILES string of the molecule is CCNC(=O)c1cccc(CNC(=NC)N2CC=C(c3ccccc3)CC2)c1.I. The van der Waals surface area contributed by atoms with Gasteiger partial charge in [0.05, 0.1) is 0 Å². The summed E-state index contributed by atoms with van der Waals surface area (Å²) in [7, 11) is 1.81. The highest BCUT2D eigenvalue weighted by molar-refractivity contribution is 14.0. The molecule has 2 aromatic rings. The Balaban J connectivity index is 0.00000300. The summed E-state index contributed by atoms with van der Waals surface area (Å²) in [5.41, 5.74) is 4.43. The van der Waals surface area contributed by atoms with Gasteiger partial charge in [0.2, 0.25) is 0 Å². The summed E-state index contributed by atoms with van der Waals surface area (Å²) in [6.45, 7) is 4.94. The number of aliphatic imine (C=N–C) groups is 1. The molecular weight excluding hydrogens is 475 g/mol. The second-order valence-corrected chi connectivity index (χ2v) is 6.75. The molecule has 6 heteroatoms. The van der Waals surface area contributed by atoms with Gasteiger partial charge in [-0.3, -0.25) is 9.79 Å². The molecule has 0 radical (unpaired) electrons. The molecule has 0 atom stereocenters. The van der Waals surface area contributed by atoms with E-state index in [1.165, 1.54) is 11.1 Å². The van der Waals surface area contributed by atoms with Gasteiger partial charge in [0.1, 0.15) is 0 Å². The van der Waals surface area contributed by atoms with Crippen molar-refractivity contribution in [1.29, 1.82) is 0 Å². The molecule has 1 amide bonds. The topological polar surface area (TPSA) is 56.7 Å². The molecule has 5 nitrogen and oxygen atoms in total. The molecule has 1 heterocycles. The summed E-state index contributed by atoms with van der Waals surface area (Å²) in [4.78, 5) is 18.7. The summed E-state index contributed by atoms with van der Waals surface area (Å²) >= 11 is 0. The van der Waals surface area contributed by atoms with Gasteiger partial charge in [0.25, 0.3) is 5.91 Å². The van der Waals surface area contributed by atoms with Crippen LogP contribution in [0, 0.1) is 0 Å². The van der Waals surface area contributed by atoms with Crippen LogP contribution in [0.1, 0.15) is 34.8 Å². The zero-order chi connectivity index (χ0) is 19.8. The summed E-state index contributed by atoms with van der Waals surface area (Å²) in [6, 6.07) is 18.2. The predicted octanol–water partition coefficient (Wildman–Crippen LogP) is 3.92. The Morgan fingerprint density at radius 1 is 1.10 bits per heavy atom. The van der Waals surface area contributed by atoms with E-state index in [0.29, 0.717) is 18.7 Å². The van der Waals surface area contributed by atoms with Crippen LogP contribution in [0.25, 0.3) is 5.57 Å². The number of nitrogens with zero attached hydrogens (tertiary/aromatic N) is 2. The van der Waals surface area contributed by atoms with Crippen molar-refractivity contribution in [2.75, 3.05) is 26.7 Å². The maximum Gasteiger partial charge on any atom is 0.251 e. The van der Waals surface area contributed by atoms with E-state index < -0.39 is 0 Å². The van der Waals surface area contributed by atoms with Crippen LogP contribution in [0.3, 0.4) is 0 Å². The highest BCUT2D eigenvalue weighted by Crippen LogP contribution is 2.22. The largest absolute Gasteiger partial charge is 0.352 e. The molecule has 154 valence electrons. The first-order chi connectivity index (χ1) is 13.7. The molecular formula is C23H29IN4O. The molecule has 2 N–H and O–H groups in total. The van der Waals surface area contributed by atoms with Gasteiger partial charge in [0, 0.05) is 38.8 Å². The van der Waals surface area contributed by atoms with E-state index in [1.807, 2.05) is 44.3 Å². The first kappa shape index (κ1) is 22.9. The Hall–Kier alpha value is -2.35. The molecule has 0 fully saturated rings. The third kappa shape index (κ3) is 6.32. The molecule has 29 heavy (non-hydrogen) atoms. The predicted molar refractivity (Wildman–Crippen MR) is 131 cm³/mol. The first-order valence-corrected chi connectivity index (χ1v) is 9.78. The third-order valence-electron chi connectivity index (χ3n) is 4.84. The Morgan fingerprint density at radius 3 is 2.55 bits per heavy atom. The standard InChI is InChI=1S/C23H28N4O.HI/c1-3-25-22(28)21-11-7-8-18(16-21)17-26-23(24-2)27-14-12-20(13-15-27)19-9-5-4-6-10-19;/h4-12,16H,3,13-15,17H2,1-2H3,(H,24,26)(H,25,28);1H. The van der Waals surface area contributed by atoms with Crippen LogP contribution in [0.5, 0.6) is 0 Å². The molecule has 0 aliphatic carbocycles. The summed E-state index contributed by atoms with van der Waals surface area (Å²) in [5, 5.41) is 6.26. The van der Waals surface area contributed by atoms with Crippen LogP contribution in [-0.4, -0.2) is 43.4 Å². The van der Waals surface area contributed by atoms with Gasteiger partial charge in [-0.15, -0.1) is 24.0 Å². The van der Waals surface area contributed by atoms with Crippen molar-refractivity contribution in [2.24, 2.45) is 4.99 Å². The van der Waals surface area contributed by atoms with E-state index in [4.69, 9.17) is 0 Å². The minimum absolute atomic E-state index is 0. The number of rotatable bonds is 5. The van der Waals surface area contributed by atoms with Crippen molar-refractivity contribution < 1.29 is 4.79 Å². The fraction of sp³-hybridized carbons (Fsp3) is 0.304. The van der Waals surface area contributed by atoms with E-state index >= 15 is 0 Å². The quantitative estimate of drug-likeness (QED) is 0.369. The molecule has 0 spiro atoms. The van der Waals surface area contributed by atoms with Gasteiger partial charge >= 0.3 is 0 Å². The van der Waals surface area contributed by atoms with Crippen LogP contribution in [0.2, 0.25) is 0 Å². The van der Waals surface area contributed by atoms with Crippen molar-refractivity contribution in [3.63, 3.8) is 0 Å². The van der Waals surface area contributed by atoms with Crippen LogP contribution in [-0.2, 0) is 6.54 Å². The van der Waals surface area contributed by atoms with Crippen LogP contribution in [0.15, 0.2) is 65.7 Å². The van der Waals surface area contributed by atoms with Crippen molar-refractivity contribution >= 4 is 41.4 Å². The molecule has 1 aliphatic heterocycles. The fourth-order valence-corrected chi connectivity index (χ4v) is 3.37. The first-order valence-electron chi connectivity index (χ1n) is 9.78. The lowest BCUT2D eigenvalue weighted by Crippen LogP contribution is -2.43. The number of nitrogens with one attached hydrogen (secondary N) is 2. The molecule has 1 aliphatic rings. The van der Waals surface area contributed by atoms with Crippen molar-refractivity contribution in [3.05, 3.63) is 77.4 Å². The van der Waals surface area contributed by atoms with E-state index in [-0.39, 0.29) is 29.9 Å². The second kappa shape index (κ2) is 11.6. The number of carbonyl (C=O) groups excluding carboxylic acids is 1. The average Bonchev–Trinajstić information content (AvgIpc) is 2.76. The van der Waals surface area contributed by atoms with Crippen LogP contribution >= 0.6 is 24.0 Å². The smallest absolute Gasteiger partial charge is 0.251 e. The molecule has 0 bridgehead atoms. The highest BCUT2D eigenvalue weighted by Gasteiger charge is 2.16. The number of amides is 1. The third-order valence-corrected chi connectivity index (χ3v) is 4.84. The van der Waals surface area contributed by atoms with E-state index in [1.54, 1.807) is 0 Å². The Labute approximate surface area is 190 Å². The van der Waals surface area contributed by atoms with Gasteiger partial charge in [0.15, 0.2) is 5.96 Å². The van der Waals surface area contributed by atoms with E-state index in [2.05, 4.69) is 50.9 Å². The van der Waals surface area contributed by atoms with Gasteiger partial charge in [-0.2, -0.15) is 0 Å². The molecule has 0 unspecified atom stereocenters. The fourth-order valence-electron chi connectivity index (χ4n) is 3.37. The van der Waals surface area contributed by atoms with Gasteiger partial charge in [-0.05, 0) is 42.2 Å². The zero-order valence-corrected chi connectivity index (χ0v) is 19.4. The minimum atomic E-state index is -0.0386. The molecule has 0 saturated heterocycles. The molecule has 3 rings (SSSR count). The lowest BCUT2D eigenvalue weighted by molar-refractivity contribution is 0.0955. The Kier molecular flexibility index (Phi) is 9.18. The van der Waals surface area contributed by atoms with E-state index in [9.17, 15) is 4.79 Å². The van der Waals surface area contributed by atoms with Gasteiger partial charge in [-0.25, -0.2) is 0 Å². The average molecular weight is 504 g/mol. The number of hydrogen-bond acceptors (Lipinski definition) is 2. The molecule has 2 aromatic carbocycles. The van der Waals surface area contributed by atoms with Crippen molar-refractivity contribution in [3.8, 4) is 0 Å². The van der Waals surface area contributed by atoms with Crippen LogP contribution < -0.4 is 10.6 Å². The maximum absolute atomic E-state index is 12.0. The van der Waals surface area contributed by atoms with E-state index in [0.717, 1.165) is 31.0 Å². The second-order valence-electron chi connectivity index (χ2n) is 6.75. The zero-order valence-electron chi connectivity index (χ0n) is 17.0. The summed E-state index contributed by atoms with van der Waals surface area (Å²) < 4.78 is 0. The number of halogens is 1. The highest BCUT2D eigenvalue weighted by atomic mass is 127. The molecule has 0 aromatic heterocycles. The number of guanidine groups is 1. The number of benzene rings is 2. The molecule has 0 saturated carbocycles. The maximum atomic E-state index is 12.0. The van der Waals surface area contributed by atoms with Crippen LogP contribution in [0.4, 0.5) is 0 Å². The minimum Gasteiger partial charge on any atom is -0.352 e. The number of carbonyl (C=O) groups is 1. The van der Waals surface area contributed by atoms with Crippen molar-refractivity contribution in [2.45, 2.75) is 19.9 Å².